The average molecular weight is 355 g/mol. The molecule has 1 atom stereocenters. The van der Waals surface area contributed by atoms with Crippen LogP contribution in [0.15, 0.2) is 40.4 Å². The van der Waals surface area contributed by atoms with Crippen molar-refractivity contribution >= 4 is 40.1 Å². The second kappa shape index (κ2) is 7.57. The Morgan fingerprint density at radius 1 is 1.48 bits per heavy atom. The van der Waals surface area contributed by atoms with Crippen LogP contribution >= 0.6 is 11.3 Å². The smallest absolute Gasteiger partial charge is 0.271 e. The standard InChI is InChI=1S/C18H21N5OS/c1-4-5-6-13(19-3)11(2)20-18-22-14-9-10-25-16(14)15(23-18)17(24)21-12-7-8-12/h4-6,9-12H,3,7-8H2,1-2H3,(H,21,24)(H,20,22,23)/b5-4-,13-6-/t11-/m0/s1. The van der Waals surface area contributed by atoms with Crippen LogP contribution in [0.4, 0.5) is 5.95 Å². The van der Waals surface area contributed by atoms with Crippen LogP contribution in [0.2, 0.25) is 0 Å². The van der Waals surface area contributed by atoms with Crippen LogP contribution in [0.1, 0.15) is 37.2 Å². The first kappa shape index (κ1) is 17.3. The number of fused-ring (bicyclic) bond motifs is 1. The molecule has 0 radical (unpaired) electrons. The van der Waals surface area contributed by atoms with Crippen molar-refractivity contribution in [2.24, 2.45) is 4.99 Å². The van der Waals surface area contributed by atoms with E-state index in [1.165, 1.54) is 11.3 Å². The average Bonchev–Trinajstić information content (AvgIpc) is 3.28. The summed E-state index contributed by atoms with van der Waals surface area (Å²) < 4.78 is 0.808. The van der Waals surface area contributed by atoms with Crippen molar-refractivity contribution in [2.75, 3.05) is 5.32 Å². The lowest BCUT2D eigenvalue weighted by molar-refractivity contribution is 0.0948. The number of amides is 1. The summed E-state index contributed by atoms with van der Waals surface area (Å²) >= 11 is 1.48. The SMILES string of the molecule is C=N/C(=C\C=C/C)[C@H](C)Nc1nc(C(=O)NC2CC2)c2sccc2n1. The highest BCUT2D eigenvalue weighted by Crippen LogP contribution is 2.26. The van der Waals surface area contributed by atoms with Gasteiger partial charge in [0.2, 0.25) is 5.95 Å². The van der Waals surface area contributed by atoms with Crippen molar-refractivity contribution in [3.8, 4) is 0 Å². The normalized spacial score (nSPS) is 16.2. The van der Waals surface area contributed by atoms with Gasteiger partial charge in [0.15, 0.2) is 5.69 Å². The number of aromatic nitrogens is 2. The summed E-state index contributed by atoms with van der Waals surface area (Å²) in [4.78, 5) is 25.5. The summed E-state index contributed by atoms with van der Waals surface area (Å²) in [5.41, 5.74) is 1.96. The largest absolute Gasteiger partial charge is 0.348 e. The molecule has 0 aromatic carbocycles. The monoisotopic (exact) mass is 355 g/mol. The fraction of sp³-hybridized carbons (Fsp3) is 0.333. The number of aliphatic imine (C=N–C) groups is 1. The molecule has 2 N–H and O–H groups in total. The second-order valence-electron chi connectivity index (χ2n) is 5.92. The number of carbonyl (C=O) groups excluding carboxylic acids is 1. The lowest BCUT2D eigenvalue weighted by atomic mass is 10.2. The molecule has 2 aromatic rings. The van der Waals surface area contributed by atoms with Crippen molar-refractivity contribution in [3.05, 3.63) is 41.1 Å². The lowest BCUT2D eigenvalue weighted by Gasteiger charge is -2.15. The highest BCUT2D eigenvalue weighted by atomic mass is 32.1. The minimum atomic E-state index is -0.139. The predicted molar refractivity (Wildman–Crippen MR) is 103 cm³/mol. The van der Waals surface area contributed by atoms with E-state index >= 15 is 0 Å². The van der Waals surface area contributed by atoms with E-state index in [-0.39, 0.29) is 18.0 Å². The Kier molecular flexibility index (Phi) is 5.23. The second-order valence-corrected chi connectivity index (χ2v) is 6.84. The van der Waals surface area contributed by atoms with E-state index in [1.54, 1.807) is 0 Å². The van der Waals surface area contributed by atoms with Gasteiger partial charge in [0.25, 0.3) is 5.91 Å². The predicted octanol–water partition coefficient (Wildman–Crippen LogP) is 3.54. The van der Waals surface area contributed by atoms with E-state index in [0.29, 0.717) is 11.6 Å². The van der Waals surface area contributed by atoms with Gasteiger partial charge in [-0.05, 0) is 50.9 Å². The molecular formula is C18H21N5OS. The third kappa shape index (κ3) is 4.11. The fourth-order valence-electron chi connectivity index (χ4n) is 2.36. The molecular weight excluding hydrogens is 334 g/mol. The van der Waals surface area contributed by atoms with Gasteiger partial charge in [0.05, 0.1) is 22.0 Å². The maximum Gasteiger partial charge on any atom is 0.271 e. The number of nitrogens with one attached hydrogen (secondary N) is 2. The summed E-state index contributed by atoms with van der Waals surface area (Å²) in [5, 5.41) is 8.13. The first-order chi connectivity index (χ1) is 12.1. The third-order valence-corrected chi connectivity index (χ3v) is 4.77. The molecule has 1 aliphatic carbocycles. The van der Waals surface area contributed by atoms with Crippen molar-refractivity contribution in [3.63, 3.8) is 0 Å². The highest BCUT2D eigenvalue weighted by molar-refractivity contribution is 7.17. The van der Waals surface area contributed by atoms with Crippen molar-refractivity contribution in [1.29, 1.82) is 0 Å². The molecule has 0 saturated heterocycles. The number of anilines is 1. The molecule has 7 heteroatoms. The molecule has 0 aliphatic heterocycles. The quantitative estimate of drug-likeness (QED) is 0.588. The number of rotatable bonds is 7. The highest BCUT2D eigenvalue weighted by Gasteiger charge is 2.26. The van der Waals surface area contributed by atoms with Gasteiger partial charge in [-0.3, -0.25) is 9.79 Å². The van der Waals surface area contributed by atoms with Gasteiger partial charge >= 0.3 is 0 Å². The first-order valence-electron chi connectivity index (χ1n) is 8.24. The Balaban J connectivity index is 1.88. The van der Waals surface area contributed by atoms with E-state index in [2.05, 4.69) is 32.3 Å². The van der Waals surface area contributed by atoms with Crippen LogP contribution < -0.4 is 10.6 Å². The molecule has 0 unspecified atom stereocenters. The van der Waals surface area contributed by atoms with Crippen LogP contribution in [0, 0.1) is 0 Å². The van der Waals surface area contributed by atoms with Crippen molar-refractivity contribution < 1.29 is 4.79 Å². The van der Waals surface area contributed by atoms with E-state index in [0.717, 1.165) is 28.8 Å². The van der Waals surface area contributed by atoms with E-state index in [9.17, 15) is 4.79 Å². The van der Waals surface area contributed by atoms with Crippen LogP contribution in [0.5, 0.6) is 0 Å². The Bertz CT molecular complexity index is 850. The summed E-state index contributed by atoms with van der Waals surface area (Å²) in [7, 11) is 0. The zero-order chi connectivity index (χ0) is 17.8. The fourth-order valence-corrected chi connectivity index (χ4v) is 3.18. The van der Waals surface area contributed by atoms with E-state index < -0.39 is 0 Å². The van der Waals surface area contributed by atoms with Gasteiger partial charge in [-0.15, -0.1) is 11.3 Å². The Labute approximate surface area is 150 Å². The van der Waals surface area contributed by atoms with Crippen LogP contribution in [-0.4, -0.2) is 34.7 Å². The molecule has 2 heterocycles. The summed E-state index contributed by atoms with van der Waals surface area (Å²) in [6.07, 6.45) is 7.79. The topological polar surface area (TPSA) is 79.3 Å². The number of nitrogens with zero attached hydrogens (tertiary/aromatic N) is 3. The number of hydrogen-bond acceptors (Lipinski definition) is 6. The van der Waals surface area contributed by atoms with Crippen molar-refractivity contribution in [2.45, 2.75) is 38.8 Å². The Morgan fingerprint density at radius 3 is 2.96 bits per heavy atom. The molecule has 3 rings (SSSR count). The minimum absolute atomic E-state index is 0.135. The molecule has 2 aromatic heterocycles. The van der Waals surface area contributed by atoms with Gasteiger partial charge in [0, 0.05) is 6.04 Å². The van der Waals surface area contributed by atoms with Gasteiger partial charge in [-0.2, -0.15) is 0 Å². The molecule has 25 heavy (non-hydrogen) atoms. The molecule has 6 nitrogen and oxygen atoms in total. The zero-order valence-corrected chi connectivity index (χ0v) is 15.1. The number of hydrogen-bond donors (Lipinski definition) is 2. The minimum Gasteiger partial charge on any atom is -0.348 e. The first-order valence-corrected chi connectivity index (χ1v) is 9.12. The Hall–Kier alpha value is -2.54. The third-order valence-electron chi connectivity index (χ3n) is 3.86. The summed E-state index contributed by atoms with van der Waals surface area (Å²) in [6, 6.07) is 2.05. The molecule has 130 valence electrons. The molecule has 1 saturated carbocycles. The van der Waals surface area contributed by atoms with Gasteiger partial charge in [-0.25, -0.2) is 9.97 Å². The molecule has 1 amide bonds. The van der Waals surface area contributed by atoms with Crippen LogP contribution in [0.3, 0.4) is 0 Å². The number of allylic oxidation sites excluding steroid dienone is 3. The molecule has 0 spiro atoms. The maximum atomic E-state index is 12.5. The van der Waals surface area contributed by atoms with E-state index in [4.69, 9.17) is 0 Å². The van der Waals surface area contributed by atoms with Crippen molar-refractivity contribution in [1.82, 2.24) is 15.3 Å². The van der Waals surface area contributed by atoms with Gasteiger partial charge in [0.1, 0.15) is 0 Å². The molecule has 1 fully saturated rings. The van der Waals surface area contributed by atoms with Crippen LogP contribution in [-0.2, 0) is 0 Å². The maximum absolute atomic E-state index is 12.5. The van der Waals surface area contributed by atoms with Gasteiger partial charge in [-0.1, -0.05) is 12.2 Å². The number of thiophene rings is 1. The number of carbonyl (C=O) groups is 1. The van der Waals surface area contributed by atoms with Crippen LogP contribution in [0.25, 0.3) is 10.2 Å². The summed E-state index contributed by atoms with van der Waals surface area (Å²) in [5.74, 6) is 0.272. The lowest BCUT2D eigenvalue weighted by Crippen LogP contribution is -2.27. The summed E-state index contributed by atoms with van der Waals surface area (Å²) in [6.45, 7) is 7.50. The molecule has 1 aliphatic rings. The van der Waals surface area contributed by atoms with E-state index in [1.807, 2.05) is 43.5 Å². The van der Waals surface area contributed by atoms with Gasteiger partial charge < -0.3 is 10.6 Å². The molecule has 0 bridgehead atoms. The zero-order valence-electron chi connectivity index (χ0n) is 14.3. The Morgan fingerprint density at radius 2 is 2.28 bits per heavy atom.